The molecule has 9 heteroatoms. The topological polar surface area (TPSA) is 110 Å². The van der Waals surface area contributed by atoms with E-state index in [9.17, 15) is 0 Å². The first-order chi connectivity index (χ1) is 13.3. The van der Waals surface area contributed by atoms with Crippen LogP contribution in [0.25, 0.3) is 28.1 Å². The van der Waals surface area contributed by atoms with Gasteiger partial charge in [0.1, 0.15) is 29.0 Å². The Hall–Kier alpha value is -3.88. The van der Waals surface area contributed by atoms with Crippen LogP contribution in [0.2, 0.25) is 0 Å². The molecule has 27 heavy (non-hydrogen) atoms. The third-order valence-corrected chi connectivity index (χ3v) is 4.28. The van der Waals surface area contributed by atoms with Crippen molar-refractivity contribution in [3.05, 3.63) is 61.2 Å². The third kappa shape index (κ3) is 2.56. The van der Waals surface area contributed by atoms with Gasteiger partial charge in [-0.15, -0.1) is 0 Å². The third-order valence-electron chi connectivity index (χ3n) is 4.28. The molecule has 0 amide bonds. The zero-order valence-electron chi connectivity index (χ0n) is 14.4. The van der Waals surface area contributed by atoms with Crippen molar-refractivity contribution in [2.24, 2.45) is 0 Å². The minimum atomic E-state index is -0.170. The molecule has 0 aromatic carbocycles. The number of aromatic amines is 1. The Morgan fingerprint density at radius 3 is 2.81 bits per heavy atom. The van der Waals surface area contributed by atoms with E-state index in [0.717, 1.165) is 22.8 Å². The fraction of sp³-hybridized carbons (Fsp3) is 0.111. The van der Waals surface area contributed by atoms with Gasteiger partial charge in [-0.3, -0.25) is 4.57 Å². The van der Waals surface area contributed by atoms with Crippen LogP contribution in [0.4, 0.5) is 5.82 Å². The molecular formula is C18H15N9. The molecule has 0 aliphatic heterocycles. The van der Waals surface area contributed by atoms with E-state index in [-0.39, 0.29) is 6.04 Å². The van der Waals surface area contributed by atoms with Crippen molar-refractivity contribution in [2.45, 2.75) is 13.0 Å². The average molecular weight is 357 g/mol. The minimum Gasteiger partial charge on any atom is -0.358 e. The van der Waals surface area contributed by atoms with Gasteiger partial charge in [-0.2, -0.15) is 0 Å². The van der Waals surface area contributed by atoms with Crippen LogP contribution in [-0.2, 0) is 0 Å². The Bertz CT molecular complexity index is 1230. The molecule has 132 valence electrons. The highest BCUT2D eigenvalue weighted by Crippen LogP contribution is 2.26. The van der Waals surface area contributed by atoms with Gasteiger partial charge in [-0.05, 0) is 31.2 Å². The van der Waals surface area contributed by atoms with Gasteiger partial charge in [0.05, 0.1) is 12.4 Å². The summed E-state index contributed by atoms with van der Waals surface area (Å²) in [6.45, 7) is 2.02. The lowest BCUT2D eigenvalue weighted by Gasteiger charge is -2.16. The lowest BCUT2D eigenvalue weighted by Crippen LogP contribution is -2.15. The highest BCUT2D eigenvalue weighted by Gasteiger charge is 2.20. The first-order valence-corrected chi connectivity index (χ1v) is 8.46. The lowest BCUT2D eigenvalue weighted by molar-refractivity contribution is 0.759. The van der Waals surface area contributed by atoms with Crippen LogP contribution < -0.4 is 5.32 Å². The number of fused-ring (bicyclic) bond motifs is 2. The van der Waals surface area contributed by atoms with Gasteiger partial charge in [0.25, 0.3) is 0 Å². The van der Waals surface area contributed by atoms with Gasteiger partial charge in [0.15, 0.2) is 17.1 Å². The van der Waals surface area contributed by atoms with Crippen LogP contribution in [0, 0.1) is 0 Å². The minimum absolute atomic E-state index is 0.170. The zero-order valence-corrected chi connectivity index (χ0v) is 14.4. The average Bonchev–Trinajstić information content (AvgIpc) is 3.34. The van der Waals surface area contributed by atoms with Crippen molar-refractivity contribution in [2.75, 3.05) is 5.32 Å². The molecular weight excluding hydrogens is 342 g/mol. The van der Waals surface area contributed by atoms with E-state index in [1.54, 1.807) is 18.7 Å². The number of anilines is 1. The van der Waals surface area contributed by atoms with Crippen LogP contribution in [0.1, 0.15) is 18.8 Å². The number of imidazole rings is 2. The maximum atomic E-state index is 4.78. The van der Waals surface area contributed by atoms with Gasteiger partial charge in [0, 0.05) is 12.4 Å². The molecule has 0 bridgehead atoms. The number of H-pyrrole nitrogens is 1. The van der Waals surface area contributed by atoms with E-state index < -0.39 is 0 Å². The summed E-state index contributed by atoms with van der Waals surface area (Å²) in [6.07, 6.45) is 6.60. The Labute approximate surface area is 153 Å². The van der Waals surface area contributed by atoms with E-state index in [2.05, 4.69) is 35.2 Å². The highest BCUT2D eigenvalue weighted by molar-refractivity contribution is 5.82. The lowest BCUT2D eigenvalue weighted by atomic mass is 10.3. The van der Waals surface area contributed by atoms with Crippen LogP contribution >= 0.6 is 0 Å². The van der Waals surface area contributed by atoms with E-state index >= 15 is 0 Å². The monoisotopic (exact) mass is 357 g/mol. The number of pyridine rings is 2. The molecule has 0 fully saturated rings. The number of hydrogen-bond acceptors (Lipinski definition) is 7. The first kappa shape index (κ1) is 15.4. The van der Waals surface area contributed by atoms with Crippen molar-refractivity contribution in [1.82, 2.24) is 39.5 Å². The number of rotatable bonds is 4. The molecule has 0 spiro atoms. The Morgan fingerprint density at radius 1 is 1.00 bits per heavy atom. The summed E-state index contributed by atoms with van der Waals surface area (Å²) in [6, 6.07) is 9.40. The second-order valence-electron chi connectivity index (χ2n) is 6.03. The summed E-state index contributed by atoms with van der Waals surface area (Å²) in [4.78, 5) is 29.5. The SMILES string of the molecule is C[C@H](Nc1ncnc2[nH]cnc12)c1nc2cccnc2n1-c1ccccn1. The summed E-state index contributed by atoms with van der Waals surface area (Å²) in [5, 5.41) is 3.39. The predicted molar refractivity (Wildman–Crippen MR) is 100 cm³/mol. The van der Waals surface area contributed by atoms with E-state index in [1.807, 2.05) is 41.8 Å². The van der Waals surface area contributed by atoms with Gasteiger partial charge < -0.3 is 10.3 Å². The molecule has 5 heterocycles. The highest BCUT2D eigenvalue weighted by atomic mass is 15.2. The van der Waals surface area contributed by atoms with E-state index in [4.69, 9.17) is 4.98 Å². The fourth-order valence-electron chi connectivity index (χ4n) is 3.07. The second-order valence-corrected chi connectivity index (χ2v) is 6.03. The van der Waals surface area contributed by atoms with Gasteiger partial charge in [0.2, 0.25) is 0 Å². The molecule has 5 aromatic heterocycles. The first-order valence-electron chi connectivity index (χ1n) is 8.46. The van der Waals surface area contributed by atoms with Gasteiger partial charge in [-0.1, -0.05) is 6.07 Å². The second kappa shape index (κ2) is 6.13. The molecule has 0 aliphatic rings. The molecule has 0 saturated carbocycles. The summed E-state index contributed by atoms with van der Waals surface area (Å²) >= 11 is 0. The Kier molecular flexibility index (Phi) is 3.49. The Balaban J connectivity index is 1.63. The number of hydrogen-bond donors (Lipinski definition) is 2. The molecule has 5 aromatic rings. The fourth-order valence-corrected chi connectivity index (χ4v) is 3.07. The number of aromatic nitrogens is 8. The van der Waals surface area contributed by atoms with Gasteiger partial charge in [-0.25, -0.2) is 29.9 Å². The smallest absolute Gasteiger partial charge is 0.165 e. The van der Waals surface area contributed by atoms with Crippen molar-refractivity contribution >= 4 is 28.1 Å². The van der Waals surface area contributed by atoms with Crippen molar-refractivity contribution in [3.8, 4) is 5.82 Å². The van der Waals surface area contributed by atoms with Crippen molar-refractivity contribution in [3.63, 3.8) is 0 Å². The quantitative estimate of drug-likeness (QED) is 0.509. The van der Waals surface area contributed by atoms with Crippen molar-refractivity contribution in [1.29, 1.82) is 0 Å². The van der Waals surface area contributed by atoms with Crippen LogP contribution in [0.3, 0.4) is 0 Å². The standard InChI is InChI=1S/C18H15N9/c1-11(25-16-14-15(22-9-21-14)23-10-24-16)17-26-12-5-4-8-20-18(12)27(17)13-6-2-3-7-19-13/h2-11H,1H3,(H2,21,22,23,24,25)/t11-/m0/s1. The van der Waals surface area contributed by atoms with Crippen molar-refractivity contribution < 1.29 is 0 Å². The summed E-state index contributed by atoms with van der Waals surface area (Å²) in [5.41, 5.74) is 2.93. The maximum absolute atomic E-state index is 4.78. The number of nitrogens with one attached hydrogen (secondary N) is 2. The summed E-state index contributed by atoms with van der Waals surface area (Å²) in [5.74, 6) is 2.18. The number of nitrogens with zero attached hydrogens (tertiary/aromatic N) is 7. The maximum Gasteiger partial charge on any atom is 0.165 e. The van der Waals surface area contributed by atoms with E-state index in [0.29, 0.717) is 17.0 Å². The normalized spacial score (nSPS) is 12.5. The summed E-state index contributed by atoms with van der Waals surface area (Å²) in [7, 11) is 0. The summed E-state index contributed by atoms with van der Waals surface area (Å²) < 4.78 is 1.95. The molecule has 1 atom stereocenters. The zero-order chi connectivity index (χ0) is 18.2. The Morgan fingerprint density at radius 2 is 1.93 bits per heavy atom. The molecule has 0 unspecified atom stereocenters. The van der Waals surface area contributed by atoms with Crippen LogP contribution in [0.15, 0.2) is 55.4 Å². The largest absolute Gasteiger partial charge is 0.358 e. The molecule has 2 N–H and O–H groups in total. The molecule has 0 aliphatic carbocycles. The predicted octanol–water partition coefficient (Wildman–Crippen LogP) is 2.65. The molecule has 0 radical (unpaired) electrons. The van der Waals surface area contributed by atoms with Crippen LogP contribution in [-0.4, -0.2) is 39.5 Å². The van der Waals surface area contributed by atoms with E-state index in [1.165, 1.54) is 6.33 Å². The molecule has 9 nitrogen and oxygen atoms in total. The molecule has 5 rings (SSSR count). The van der Waals surface area contributed by atoms with Gasteiger partial charge >= 0.3 is 0 Å². The van der Waals surface area contributed by atoms with Crippen LogP contribution in [0.5, 0.6) is 0 Å². The molecule has 0 saturated heterocycles.